The molecule has 0 spiro atoms. The third-order valence-corrected chi connectivity index (χ3v) is 4.49. The molecule has 0 saturated carbocycles. The Labute approximate surface area is 172 Å². The minimum atomic E-state index is -1.82. The fourth-order valence-electron chi connectivity index (χ4n) is 3.06. The molecule has 9 heteroatoms. The first-order chi connectivity index (χ1) is 14.4. The quantitative estimate of drug-likeness (QED) is 0.428. The summed E-state index contributed by atoms with van der Waals surface area (Å²) in [6.45, 7) is 7.04. The predicted octanol–water partition coefficient (Wildman–Crippen LogP) is 0.604. The van der Waals surface area contributed by atoms with Crippen molar-refractivity contribution in [1.29, 1.82) is 0 Å². The average molecular weight is 413 g/mol. The van der Waals surface area contributed by atoms with Gasteiger partial charge in [-0.15, -0.1) is 6.58 Å². The van der Waals surface area contributed by atoms with Gasteiger partial charge in [0.25, 0.3) is 5.56 Å². The first-order valence-corrected chi connectivity index (χ1v) is 9.34. The Balaban J connectivity index is 0.000000469. The van der Waals surface area contributed by atoms with E-state index >= 15 is 0 Å². The molecule has 3 rings (SSSR count). The van der Waals surface area contributed by atoms with Gasteiger partial charge in [0.2, 0.25) is 0 Å². The van der Waals surface area contributed by atoms with Crippen LogP contribution < -0.4 is 11.2 Å². The summed E-state index contributed by atoms with van der Waals surface area (Å²) >= 11 is 0. The summed E-state index contributed by atoms with van der Waals surface area (Å²) in [5, 5.41) is 15.3. The highest BCUT2D eigenvalue weighted by molar-refractivity contribution is 6.27. The van der Waals surface area contributed by atoms with Crippen molar-refractivity contribution in [2.75, 3.05) is 19.6 Å². The maximum absolute atomic E-state index is 12.6. The van der Waals surface area contributed by atoms with Gasteiger partial charge in [0.05, 0.1) is 24.0 Å². The molecule has 0 amide bonds. The average Bonchev–Trinajstić information content (AvgIpc) is 3.24. The molecule has 158 valence electrons. The van der Waals surface area contributed by atoms with Crippen LogP contribution >= 0.6 is 0 Å². The second-order valence-corrected chi connectivity index (χ2v) is 6.54. The van der Waals surface area contributed by atoms with Gasteiger partial charge in [-0.2, -0.15) is 0 Å². The zero-order valence-electron chi connectivity index (χ0n) is 16.4. The molecule has 0 bridgehead atoms. The van der Waals surface area contributed by atoms with Crippen molar-refractivity contribution in [2.45, 2.75) is 25.9 Å². The van der Waals surface area contributed by atoms with Crippen LogP contribution in [-0.4, -0.2) is 55.8 Å². The SMILES string of the molecule is C=CCn1c(=O)c2ccccc2n(CC#CCN2CCCC2)c1=O.O=C(O)C(=O)O. The third kappa shape index (κ3) is 5.68. The van der Waals surface area contributed by atoms with Crippen molar-refractivity contribution in [3.05, 3.63) is 57.8 Å². The Bertz CT molecular complexity index is 1100. The van der Waals surface area contributed by atoms with Crippen LogP contribution in [0.3, 0.4) is 0 Å². The smallest absolute Gasteiger partial charge is 0.414 e. The number of likely N-dealkylation sites (tertiary alicyclic amines) is 1. The minimum Gasteiger partial charge on any atom is -0.473 e. The number of carboxylic acids is 2. The zero-order chi connectivity index (χ0) is 22.1. The summed E-state index contributed by atoms with van der Waals surface area (Å²) in [5.74, 6) is 2.57. The molecule has 1 aromatic heterocycles. The van der Waals surface area contributed by atoms with Crippen molar-refractivity contribution in [3.63, 3.8) is 0 Å². The molecule has 1 aliphatic rings. The van der Waals surface area contributed by atoms with E-state index in [-0.39, 0.29) is 24.3 Å². The number of hydrogen-bond acceptors (Lipinski definition) is 5. The van der Waals surface area contributed by atoms with Crippen molar-refractivity contribution in [1.82, 2.24) is 14.0 Å². The minimum absolute atomic E-state index is 0.198. The molecular weight excluding hydrogens is 390 g/mol. The fraction of sp³-hybridized carbons (Fsp3) is 0.333. The maximum atomic E-state index is 12.6. The Kier molecular flexibility index (Phi) is 8.14. The van der Waals surface area contributed by atoms with E-state index in [1.54, 1.807) is 28.8 Å². The van der Waals surface area contributed by atoms with E-state index in [1.807, 2.05) is 6.07 Å². The summed E-state index contributed by atoms with van der Waals surface area (Å²) in [5.41, 5.74) is 0.00846. The van der Waals surface area contributed by atoms with E-state index in [0.29, 0.717) is 10.9 Å². The highest BCUT2D eigenvalue weighted by atomic mass is 16.4. The fourth-order valence-corrected chi connectivity index (χ4v) is 3.06. The Morgan fingerprint density at radius 2 is 1.60 bits per heavy atom. The van der Waals surface area contributed by atoms with Gasteiger partial charge in [-0.25, -0.2) is 14.4 Å². The van der Waals surface area contributed by atoms with E-state index in [1.165, 1.54) is 17.4 Å². The van der Waals surface area contributed by atoms with Crippen LogP contribution in [0.5, 0.6) is 0 Å². The topological polar surface area (TPSA) is 122 Å². The van der Waals surface area contributed by atoms with Gasteiger partial charge in [0, 0.05) is 6.54 Å². The lowest BCUT2D eigenvalue weighted by molar-refractivity contribution is -0.159. The highest BCUT2D eigenvalue weighted by Crippen LogP contribution is 2.07. The number of aromatic nitrogens is 2. The van der Waals surface area contributed by atoms with Crippen LogP contribution in [0.15, 0.2) is 46.5 Å². The highest BCUT2D eigenvalue weighted by Gasteiger charge is 2.11. The van der Waals surface area contributed by atoms with Crippen molar-refractivity contribution in [2.24, 2.45) is 0 Å². The van der Waals surface area contributed by atoms with Crippen LogP contribution in [0.25, 0.3) is 10.9 Å². The Hall–Kier alpha value is -3.64. The molecular formula is C21H23N3O6. The molecule has 0 aliphatic carbocycles. The van der Waals surface area contributed by atoms with Crippen LogP contribution in [-0.2, 0) is 22.7 Å². The molecule has 1 fully saturated rings. The summed E-state index contributed by atoms with van der Waals surface area (Å²) in [6, 6.07) is 7.16. The number of para-hydroxylation sites is 1. The molecule has 1 aromatic carbocycles. The summed E-state index contributed by atoms with van der Waals surface area (Å²) < 4.78 is 2.77. The van der Waals surface area contributed by atoms with Gasteiger partial charge in [-0.3, -0.25) is 18.8 Å². The van der Waals surface area contributed by atoms with E-state index < -0.39 is 11.9 Å². The lowest BCUT2D eigenvalue weighted by atomic mass is 10.2. The lowest BCUT2D eigenvalue weighted by Crippen LogP contribution is -2.39. The van der Waals surface area contributed by atoms with Crippen LogP contribution in [0, 0.1) is 11.8 Å². The monoisotopic (exact) mass is 413 g/mol. The molecule has 9 nitrogen and oxygen atoms in total. The second-order valence-electron chi connectivity index (χ2n) is 6.54. The standard InChI is InChI=1S/C19H21N3O2.C2H2O4/c1-2-11-22-18(23)16-9-3-4-10-17(16)21(19(22)24)15-8-7-14-20-12-5-6-13-20;3-1(4)2(5)6/h2-4,9-10H,1,5-6,11-15H2;(H,3,4)(H,5,6). The molecule has 0 atom stereocenters. The number of fused-ring (bicyclic) bond motifs is 1. The first kappa shape index (κ1) is 22.6. The van der Waals surface area contributed by atoms with E-state index in [2.05, 4.69) is 23.3 Å². The Morgan fingerprint density at radius 1 is 1.00 bits per heavy atom. The molecule has 30 heavy (non-hydrogen) atoms. The number of carbonyl (C=O) groups is 2. The number of aliphatic carboxylic acids is 2. The van der Waals surface area contributed by atoms with Crippen LogP contribution in [0.2, 0.25) is 0 Å². The van der Waals surface area contributed by atoms with Crippen LogP contribution in [0.4, 0.5) is 0 Å². The first-order valence-electron chi connectivity index (χ1n) is 9.34. The van der Waals surface area contributed by atoms with Gasteiger partial charge >= 0.3 is 17.6 Å². The van der Waals surface area contributed by atoms with Gasteiger partial charge < -0.3 is 10.2 Å². The van der Waals surface area contributed by atoms with Crippen LogP contribution in [0.1, 0.15) is 12.8 Å². The lowest BCUT2D eigenvalue weighted by Gasteiger charge is -2.11. The summed E-state index contributed by atoms with van der Waals surface area (Å²) in [4.78, 5) is 45.6. The van der Waals surface area contributed by atoms with Gasteiger partial charge in [-0.1, -0.05) is 30.0 Å². The van der Waals surface area contributed by atoms with E-state index in [0.717, 1.165) is 19.6 Å². The molecule has 1 aliphatic heterocycles. The summed E-state index contributed by atoms with van der Waals surface area (Å²) in [6.07, 6.45) is 4.03. The van der Waals surface area contributed by atoms with E-state index in [9.17, 15) is 9.59 Å². The largest absolute Gasteiger partial charge is 0.473 e. The maximum Gasteiger partial charge on any atom is 0.414 e. The summed E-state index contributed by atoms with van der Waals surface area (Å²) in [7, 11) is 0. The van der Waals surface area contributed by atoms with E-state index in [4.69, 9.17) is 19.8 Å². The van der Waals surface area contributed by atoms with Gasteiger partial charge in [0.1, 0.15) is 0 Å². The molecule has 0 unspecified atom stereocenters. The predicted molar refractivity (Wildman–Crippen MR) is 111 cm³/mol. The van der Waals surface area contributed by atoms with Crippen molar-refractivity contribution < 1.29 is 19.8 Å². The number of hydrogen-bond donors (Lipinski definition) is 2. The molecule has 1 saturated heterocycles. The van der Waals surface area contributed by atoms with Crippen molar-refractivity contribution in [3.8, 4) is 11.8 Å². The normalized spacial score (nSPS) is 13.1. The molecule has 2 heterocycles. The molecule has 0 radical (unpaired) electrons. The third-order valence-electron chi connectivity index (χ3n) is 4.49. The number of nitrogens with zero attached hydrogens (tertiary/aromatic N) is 3. The Morgan fingerprint density at radius 3 is 2.20 bits per heavy atom. The number of benzene rings is 1. The number of rotatable bonds is 4. The molecule has 2 aromatic rings. The van der Waals surface area contributed by atoms with Crippen molar-refractivity contribution >= 4 is 22.8 Å². The van der Waals surface area contributed by atoms with Gasteiger partial charge in [0.15, 0.2) is 0 Å². The number of carboxylic acid groups (broad SMARTS) is 2. The van der Waals surface area contributed by atoms with Gasteiger partial charge in [-0.05, 0) is 38.1 Å². The second kappa shape index (κ2) is 10.8. The zero-order valence-corrected chi connectivity index (χ0v) is 16.4. The molecule has 2 N–H and O–H groups in total. The number of allylic oxidation sites excluding steroid dienone is 1.